The molecule has 2 N–H and O–H groups in total. The number of amides is 1. The van der Waals surface area contributed by atoms with E-state index in [1.165, 1.54) is 23.9 Å². The molecule has 0 aliphatic carbocycles. The van der Waals surface area contributed by atoms with E-state index in [0.717, 1.165) is 11.2 Å². The van der Waals surface area contributed by atoms with Crippen molar-refractivity contribution < 1.29 is 14.3 Å². The van der Waals surface area contributed by atoms with Gasteiger partial charge >= 0.3 is 0 Å². The molecule has 0 saturated heterocycles. The molecule has 5 nitrogen and oxygen atoms in total. The molecule has 0 aliphatic rings. The van der Waals surface area contributed by atoms with Gasteiger partial charge in [0.15, 0.2) is 5.16 Å². The first kappa shape index (κ1) is 16.4. The molecule has 2 aromatic rings. The normalized spacial score (nSPS) is 11.5. The molecule has 1 aromatic heterocycles. The predicted octanol–water partition coefficient (Wildman–Crippen LogP) is 3.21. The van der Waals surface area contributed by atoms with Crippen LogP contribution in [0.15, 0.2) is 35.7 Å². The molecule has 0 aliphatic heterocycles. The molecule has 22 heavy (non-hydrogen) atoms. The molecule has 0 fully saturated rings. The lowest BCUT2D eigenvalue weighted by Gasteiger charge is -2.22. The first-order valence-corrected chi connectivity index (χ1v) is 7.71. The number of phenolic OH excluding ortho intramolecular Hbond substituents is 1. The standard InChI is InChI=1S/C15H18FN3O2S/c1-15(2,3)19-7-6-17-14(19)22-9-13(21)18-12-5-4-10(20)8-11(12)16/h4-8,20H,9H2,1-3H3,(H,18,21). The first-order valence-electron chi connectivity index (χ1n) is 6.72. The minimum absolute atomic E-state index is 0.0440. The summed E-state index contributed by atoms with van der Waals surface area (Å²) in [5, 5.41) is 12.3. The molecule has 7 heteroatoms. The van der Waals surface area contributed by atoms with Crippen LogP contribution in [0.2, 0.25) is 0 Å². The number of halogens is 1. The maximum Gasteiger partial charge on any atom is 0.234 e. The number of carbonyl (C=O) groups is 1. The van der Waals surface area contributed by atoms with E-state index in [0.29, 0.717) is 0 Å². The number of benzene rings is 1. The Morgan fingerprint density at radius 1 is 1.45 bits per heavy atom. The number of carbonyl (C=O) groups excluding carboxylic acids is 1. The van der Waals surface area contributed by atoms with Gasteiger partial charge in [-0.2, -0.15) is 0 Å². The molecule has 0 unspecified atom stereocenters. The maximum absolute atomic E-state index is 13.5. The number of aromatic hydroxyl groups is 1. The third-order valence-corrected chi connectivity index (χ3v) is 3.86. The maximum atomic E-state index is 13.5. The van der Waals surface area contributed by atoms with Crippen LogP contribution in [0.3, 0.4) is 0 Å². The van der Waals surface area contributed by atoms with E-state index in [-0.39, 0.29) is 28.6 Å². The summed E-state index contributed by atoms with van der Waals surface area (Å²) in [5.41, 5.74) is -0.0826. The van der Waals surface area contributed by atoms with Crippen LogP contribution in [-0.2, 0) is 10.3 Å². The van der Waals surface area contributed by atoms with Gasteiger partial charge in [0.05, 0.1) is 11.4 Å². The smallest absolute Gasteiger partial charge is 0.234 e. The molecule has 0 radical (unpaired) electrons. The van der Waals surface area contributed by atoms with Gasteiger partial charge in [-0.3, -0.25) is 4.79 Å². The van der Waals surface area contributed by atoms with Crippen LogP contribution in [0.25, 0.3) is 0 Å². The average molecular weight is 323 g/mol. The van der Waals surface area contributed by atoms with Gasteiger partial charge in [0.25, 0.3) is 0 Å². The Morgan fingerprint density at radius 3 is 2.82 bits per heavy atom. The van der Waals surface area contributed by atoms with Crippen molar-refractivity contribution in [1.82, 2.24) is 9.55 Å². The zero-order chi connectivity index (χ0) is 16.3. The summed E-state index contributed by atoms with van der Waals surface area (Å²) in [6.07, 6.45) is 3.55. The number of thioether (sulfide) groups is 1. The number of rotatable bonds is 4. The average Bonchev–Trinajstić information content (AvgIpc) is 2.88. The van der Waals surface area contributed by atoms with E-state index in [2.05, 4.69) is 10.3 Å². The van der Waals surface area contributed by atoms with Gasteiger partial charge in [-0.25, -0.2) is 9.37 Å². The van der Waals surface area contributed by atoms with Gasteiger partial charge < -0.3 is 15.0 Å². The van der Waals surface area contributed by atoms with Gasteiger partial charge in [-0.05, 0) is 32.9 Å². The van der Waals surface area contributed by atoms with Gasteiger partial charge in [-0.15, -0.1) is 0 Å². The van der Waals surface area contributed by atoms with E-state index in [9.17, 15) is 9.18 Å². The van der Waals surface area contributed by atoms with Crippen molar-refractivity contribution in [1.29, 1.82) is 0 Å². The highest BCUT2D eigenvalue weighted by atomic mass is 32.2. The molecule has 1 amide bonds. The van der Waals surface area contributed by atoms with Crippen LogP contribution in [-0.4, -0.2) is 26.3 Å². The largest absolute Gasteiger partial charge is 0.508 e. The third kappa shape index (κ3) is 4.00. The number of nitrogens with one attached hydrogen (secondary N) is 1. The minimum Gasteiger partial charge on any atom is -0.508 e. The lowest BCUT2D eigenvalue weighted by Crippen LogP contribution is -2.22. The second-order valence-corrected chi connectivity index (χ2v) is 6.69. The van der Waals surface area contributed by atoms with Crippen LogP contribution in [0.5, 0.6) is 5.75 Å². The van der Waals surface area contributed by atoms with E-state index in [1.807, 2.05) is 31.5 Å². The molecule has 0 bridgehead atoms. The monoisotopic (exact) mass is 323 g/mol. The highest BCUT2D eigenvalue weighted by molar-refractivity contribution is 7.99. The van der Waals surface area contributed by atoms with Crippen molar-refractivity contribution in [2.24, 2.45) is 0 Å². The van der Waals surface area contributed by atoms with Crippen molar-refractivity contribution >= 4 is 23.4 Å². The van der Waals surface area contributed by atoms with Gasteiger partial charge in [-0.1, -0.05) is 11.8 Å². The number of phenols is 1. The number of imidazole rings is 1. The molecule has 0 saturated carbocycles. The number of nitrogens with zero attached hydrogens (tertiary/aromatic N) is 2. The summed E-state index contributed by atoms with van der Waals surface area (Å²) in [6.45, 7) is 6.14. The Balaban J connectivity index is 1.98. The Labute approximate surface area is 132 Å². The van der Waals surface area contributed by atoms with Crippen molar-refractivity contribution in [3.05, 3.63) is 36.4 Å². The fourth-order valence-corrected chi connectivity index (χ4v) is 2.77. The second kappa shape index (κ2) is 6.39. The van der Waals surface area contributed by atoms with Crippen LogP contribution in [0.4, 0.5) is 10.1 Å². The number of anilines is 1. The Hall–Kier alpha value is -2.02. The highest BCUT2D eigenvalue weighted by Crippen LogP contribution is 2.24. The Bertz CT molecular complexity index is 680. The van der Waals surface area contributed by atoms with Crippen LogP contribution < -0.4 is 5.32 Å². The molecule has 0 spiro atoms. The van der Waals surface area contributed by atoms with Crippen molar-refractivity contribution in [3.8, 4) is 5.75 Å². The van der Waals surface area contributed by atoms with Gasteiger partial charge in [0.1, 0.15) is 11.6 Å². The lowest BCUT2D eigenvalue weighted by atomic mass is 10.1. The van der Waals surface area contributed by atoms with Crippen molar-refractivity contribution in [2.75, 3.05) is 11.1 Å². The molecule has 1 heterocycles. The molecule has 118 valence electrons. The summed E-state index contributed by atoms with van der Waals surface area (Å²) < 4.78 is 15.5. The van der Waals surface area contributed by atoms with E-state index >= 15 is 0 Å². The fraction of sp³-hybridized carbons (Fsp3) is 0.333. The molecular formula is C15H18FN3O2S. The quantitative estimate of drug-likeness (QED) is 0.670. The summed E-state index contributed by atoms with van der Waals surface area (Å²) in [4.78, 5) is 16.1. The molecule has 0 atom stereocenters. The Morgan fingerprint density at radius 2 is 2.18 bits per heavy atom. The molecule has 2 rings (SSSR count). The van der Waals surface area contributed by atoms with E-state index in [1.54, 1.807) is 6.20 Å². The van der Waals surface area contributed by atoms with Crippen molar-refractivity contribution in [2.45, 2.75) is 31.5 Å². The number of hydrogen-bond donors (Lipinski definition) is 2. The topological polar surface area (TPSA) is 67.2 Å². The van der Waals surface area contributed by atoms with Crippen molar-refractivity contribution in [3.63, 3.8) is 0 Å². The molecule has 1 aromatic carbocycles. The predicted molar refractivity (Wildman–Crippen MR) is 84.6 cm³/mol. The first-order chi connectivity index (χ1) is 10.3. The lowest BCUT2D eigenvalue weighted by molar-refractivity contribution is -0.113. The van der Waals surface area contributed by atoms with E-state index in [4.69, 9.17) is 5.11 Å². The van der Waals surface area contributed by atoms with Crippen LogP contribution >= 0.6 is 11.8 Å². The summed E-state index contributed by atoms with van der Waals surface area (Å²) >= 11 is 1.28. The Kier molecular flexibility index (Phi) is 4.75. The van der Waals surface area contributed by atoms with Gasteiger partial charge in [0.2, 0.25) is 5.91 Å². The van der Waals surface area contributed by atoms with Gasteiger partial charge in [0, 0.05) is 24.0 Å². The van der Waals surface area contributed by atoms with Crippen LogP contribution in [0.1, 0.15) is 20.8 Å². The fourth-order valence-electron chi connectivity index (χ4n) is 1.83. The molecular weight excluding hydrogens is 305 g/mol. The number of aromatic nitrogens is 2. The minimum atomic E-state index is -0.672. The number of hydrogen-bond acceptors (Lipinski definition) is 4. The zero-order valence-electron chi connectivity index (χ0n) is 12.6. The summed E-state index contributed by atoms with van der Waals surface area (Å²) in [7, 11) is 0. The SMILES string of the molecule is CC(C)(C)n1ccnc1SCC(=O)Nc1ccc(O)cc1F. The van der Waals surface area contributed by atoms with Crippen LogP contribution in [0, 0.1) is 5.82 Å². The summed E-state index contributed by atoms with van der Waals surface area (Å²) in [5.74, 6) is -1.07. The zero-order valence-corrected chi connectivity index (χ0v) is 13.4. The summed E-state index contributed by atoms with van der Waals surface area (Å²) in [6, 6.07) is 3.59. The highest BCUT2D eigenvalue weighted by Gasteiger charge is 2.18. The second-order valence-electron chi connectivity index (χ2n) is 5.75. The third-order valence-electron chi connectivity index (χ3n) is 2.89. The van der Waals surface area contributed by atoms with E-state index < -0.39 is 5.82 Å².